The number of hydrogen-bond donors (Lipinski definition) is 1. The summed E-state index contributed by atoms with van der Waals surface area (Å²) in [7, 11) is 0. The van der Waals surface area contributed by atoms with Gasteiger partial charge in [0.2, 0.25) is 12.4 Å². The zero-order valence-corrected chi connectivity index (χ0v) is 26.3. The Morgan fingerprint density at radius 2 is 2.00 bits per heavy atom. The van der Waals surface area contributed by atoms with E-state index in [0.29, 0.717) is 35.2 Å². The van der Waals surface area contributed by atoms with Crippen molar-refractivity contribution in [1.82, 2.24) is 19.8 Å². The largest absolute Gasteiger partial charge is 0.420 e. The van der Waals surface area contributed by atoms with Gasteiger partial charge in [-0.1, -0.05) is 6.07 Å². The molecule has 1 amide bonds. The summed E-state index contributed by atoms with van der Waals surface area (Å²) in [5.41, 5.74) is 3.72. The van der Waals surface area contributed by atoms with Crippen molar-refractivity contribution in [2.24, 2.45) is 0 Å². The number of ether oxygens (including phenoxy) is 1. The van der Waals surface area contributed by atoms with Gasteiger partial charge >= 0.3 is 6.18 Å². The van der Waals surface area contributed by atoms with Crippen LogP contribution in [0.25, 0.3) is 10.6 Å². The molecule has 1 unspecified atom stereocenters. The van der Waals surface area contributed by atoms with Crippen LogP contribution in [0.1, 0.15) is 65.2 Å². The van der Waals surface area contributed by atoms with Crippen molar-refractivity contribution < 1.29 is 22.7 Å². The van der Waals surface area contributed by atoms with Gasteiger partial charge in [0.1, 0.15) is 5.56 Å². The maximum atomic E-state index is 14.2. The molecular weight excluding hydrogens is 608 g/mol. The molecule has 12 heteroatoms. The maximum absolute atomic E-state index is 14.2. The predicted molar refractivity (Wildman–Crippen MR) is 167 cm³/mol. The number of hydrogen-bond acceptors (Lipinski definition) is 8. The lowest BCUT2D eigenvalue weighted by molar-refractivity contribution is -0.137. The van der Waals surface area contributed by atoms with Crippen LogP contribution < -0.4 is 5.32 Å². The van der Waals surface area contributed by atoms with Gasteiger partial charge in [-0.15, -0.1) is 23.1 Å². The normalized spacial score (nSPS) is 20.2. The molecule has 1 saturated heterocycles. The number of fused-ring (bicyclic) bond motifs is 1. The van der Waals surface area contributed by atoms with Gasteiger partial charge in [0, 0.05) is 66.2 Å². The number of alkyl halides is 3. The van der Waals surface area contributed by atoms with Crippen molar-refractivity contribution in [2.75, 3.05) is 37.3 Å². The Morgan fingerprint density at radius 3 is 2.68 bits per heavy atom. The molecule has 2 aromatic heterocycles. The minimum Gasteiger partial charge on any atom is -0.377 e. The highest BCUT2D eigenvalue weighted by Crippen LogP contribution is 2.46. The molecule has 1 atom stereocenters. The Labute approximate surface area is 263 Å². The van der Waals surface area contributed by atoms with Crippen LogP contribution in [0.4, 0.5) is 24.8 Å². The minimum atomic E-state index is -4.59. The predicted octanol–water partition coefficient (Wildman–Crippen LogP) is 7.01. The van der Waals surface area contributed by atoms with Gasteiger partial charge in [0.25, 0.3) is 0 Å². The Hall–Kier alpha value is -2.67. The van der Waals surface area contributed by atoms with Gasteiger partial charge in [-0.2, -0.15) is 13.2 Å². The first-order chi connectivity index (χ1) is 21.2. The molecule has 0 spiro atoms. The van der Waals surface area contributed by atoms with E-state index in [2.05, 4.69) is 32.3 Å². The van der Waals surface area contributed by atoms with Gasteiger partial charge in [-0.25, -0.2) is 9.97 Å². The molecule has 1 N–H and O–H groups in total. The van der Waals surface area contributed by atoms with Crippen LogP contribution >= 0.6 is 23.1 Å². The quantitative estimate of drug-likeness (QED) is 0.168. The maximum Gasteiger partial charge on any atom is 0.420 e. The smallest absolute Gasteiger partial charge is 0.377 e. The van der Waals surface area contributed by atoms with Crippen LogP contribution in [0.5, 0.6) is 0 Å². The van der Waals surface area contributed by atoms with Crippen LogP contribution in [0, 0.1) is 6.92 Å². The Bertz CT molecular complexity index is 1530. The molecule has 0 bridgehead atoms. The summed E-state index contributed by atoms with van der Waals surface area (Å²) in [5, 5.41) is 3.32. The van der Waals surface area contributed by atoms with Crippen LogP contribution in [0.2, 0.25) is 0 Å². The fourth-order valence-electron chi connectivity index (χ4n) is 6.07. The Kier molecular flexibility index (Phi) is 8.36. The highest BCUT2D eigenvalue weighted by Gasteiger charge is 2.37. The van der Waals surface area contributed by atoms with Crippen molar-refractivity contribution in [1.29, 1.82) is 0 Å². The summed E-state index contributed by atoms with van der Waals surface area (Å²) >= 11 is 2.87. The van der Waals surface area contributed by atoms with Crippen LogP contribution in [0.15, 0.2) is 29.3 Å². The number of halogens is 3. The second-order valence-corrected chi connectivity index (χ2v) is 14.7. The standard InChI is InChI=1S/C32H36F3N5O2S2/c1-19-28(43-11-9-40(18-41)23-4-5-23)14-29(44-19)30-26(32(33,34)35)15-36-31(38-30)37-27-13-21-6-8-39(17-24-7-10-42-24)16-22(21)12-25(27)20-2-3-20/h12-15,18,20,23-24H,2-11,16-17H2,1H3,(H,36,37,38). The van der Waals surface area contributed by atoms with Gasteiger partial charge < -0.3 is 15.0 Å². The SMILES string of the molecule is Cc1sc(-c2nc(Nc3cc4c(cc3C3CC3)CN(CC3CCO3)CC4)ncc2C(F)(F)F)cc1SCCN(C=O)C1CC1. The number of thioether (sulfide) groups is 1. The van der Waals surface area contributed by atoms with E-state index >= 15 is 0 Å². The van der Waals surface area contributed by atoms with Crippen molar-refractivity contribution >= 4 is 41.1 Å². The number of thiophene rings is 1. The minimum absolute atomic E-state index is 0.109. The van der Waals surface area contributed by atoms with E-state index in [0.717, 1.165) is 92.8 Å². The lowest BCUT2D eigenvalue weighted by Crippen LogP contribution is -2.42. The average Bonchev–Trinajstić information content (AvgIpc) is 3.91. The number of carbonyl (C=O) groups excluding carboxylic acids is 1. The van der Waals surface area contributed by atoms with Crippen molar-refractivity contribution in [3.05, 3.63) is 51.5 Å². The number of amides is 1. The van der Waals surface area contributed by atoms with E-state index in [9.17, 15) is 18.0 Å². The highest BCUT2D eigenvalue weighted by molar-refractivity contribution is 7.99. The summed E-state index contributed by atoms with van der Waals surface area (Å²) < 4.78 is 48.1. The number of rotatable bonds is 12. The monoisotopic (exact) mass is 643 g/mol. The topological polar surface area (TPSA) is 70.6 Å². The number of anilines is 2. The van der Waals surface area contributed by atoms with Gasteiger partial charge in [-0.05, 0) is 80.2 Å². The van der Waals surface area contributed by atoms with E-state index in [1.807, 2.05) is 11.8 Å². The van der Waals surface area contributed by atoms with Crippen LogP contribution in [0.3, 0.4) is 0 Å². The first kappa shape index (κ1) is 30.0. The molecular formula is C32H36F3N5O2S2. The summed E-state index contributed by atoms with van der Waals surface area (Å²) in [6, 6.07) is 6.58. The van der Waals surface area contributed by atoms with E-state index < -0.39 is 11.7 Å². The summed E-state index contributed by atoms with van der Waals surface area (Å²) in [6.45, 7) is 6.20. The number of carbonyl (C=O) groups is 1. The third-order valence-corrected chi connectivity index (χ3v) is 11.2. The third-order valence-electron chi connectivity index (χ3n) is 8.94. The number of nitrogens with zero attached hydrogens (tertiary/aromatic N) is 4. The van der Waals surface area contributed by atoms with Gasteiger partial charge in [0.15, 0.2) is 0 Å². The molecule has 2 saturated carbocycles. The fraction of sp³-hybridized carbons (Fsp3) is 0.531. The first-order valence-corrected chi connectivity index (χ1v) is 17.2. The summed E-state index contributed by atoms with van der Waals surface area (Å²) in [5.74, 6) is 1.29. The van der Waals surface area contributed by atoms with E-state index in [1.165, 1.54) is 28.0 Å². The van der Waals surface area contributed by atoms with Gasteiger partial charge in [-0.3, -0.25) is 9.69 Å². The Balaban J connectivity index is 1.13. The van der Waals surface area contributed by atoms with Crippen molar-refractivity contribution in [2.45, 2.75) is 81.1 Å². The third kappa shape index (κ3) is 6.63. The molecule has 2 aliphatic heterocycles. The molecule has 0 radical (unpaired) electrons. The van der Waals surface area contributed by atoms with Crippen LogP contribution in [-0.4, -0.2) is 70.3 Å². The van der Waals surface area contributed by atoms with Crippen molar-refractivity contribution in [3.63, 3.8) is 0 Å². The average molecular weight is 644 g/mol. The summed E-state index contributed by atoms with van der Waals surface area (Å²) in [6.07, 6.45) is 3.88. The molecule has 44 heavy (non-hydrogen) atoms. The lowest BCUT2D eigenvalue weighted by Gasteiger charge is -2.35. The fourth-order valence-corrected chi connectivity index (χ4v) is 8.29. The number of benzene rings is 1. The Morgan fingerprint density at radius 1 is 1.18 bits per heavy atom. The molecule has 4 heterocycles. The van der Waals surface area contributed by atoms with E-state index in [-0.39, 0.29) is 11.6 Å². The number of nitrogens with one attached hydrogen (secondary N) is 1. The molecule has 7 rings (SSSR count). The molecule has 1 aromatic carbocycles. The zero-order valence-electron chi connectivity index (χ0n) is 24.7. The molecule has 4 aliphatic rings. The summed E-state index contributed by atoms with van der Waals surface area (Å²) in [4.78, 5) is 26.6. The molecule has 2 aliphatic carbocycles. The highest BCUT2D eigenvalue weighted by atomic mass is 32.2. The first-order valence-electron chi connectivity index (χ1n) is 15.4. The van der Waals surface area contributed by atoms with Crippen LogP contribution in [-0.2, 0) is 28.7 Å². The second kappa shape index (κ2) is 12.3. The van der Waals surface area contributed by atoms with E-state index in [4.69, 9.17) is 4.74 Å². The molecule has 234 valence electrons. The van der Waals surface area contributed by atoms with Gasteiger partial charge in [0.05, 0.1) is 16.7 Å². The van der Waals surface area contributed by atoms with Crippen molar-refractivity contribution in [3.8, 4) is 10.6 Å². The number of aromatic nitrogens is 2. The lowest BCUT2D eigenvalue weighted by atomic mass is 9.93. The molecule has 3 aromatic rings. The van der Waals surface area contributed by atoms with E-state index in [1.54, 1.807) is 17.8 Å². The zero-order chi connectivity index (χ0) is 30.4. The molecule has 3 fully saturated rings. The second-order valence-electron chi connectivity index (χ2n) is 12.3. The molecule has 7 nitrogen and oxygen atoms in total. The number of aryl methyl sites for hydroxylation is 1.